The maximum atomic E-state index is 12.3. The van der Waals surface area contributed by atoms with Gasteiger partial charge in [-0.15, -0.1) is 0 Å². The molecule has 0 radical (unpaired) electrons. The van der Waals surface area contributed by atoms with Crippen LogP contribution in [0, 0.1) is 11.8 Å². The van der Waals surface area contributed by atoms with Gasteiger partial charge in [-0.05, 0) is 43.0 Å². The van der Waals surface area contributed by atoms with Crippen LogP contribution in [0.15, 0.2) is 28.8 Å². The molecule has 2 atom stereocenters. The molecule has 3 rings (SSSR count). The summed E-state index contributed by atoms with van der Waals surface area (Å²) < 4.78 is 5.46. The van der Waals surface area contributed by atoms with Gasteiger partial charge in [0.15, 0.2) is 0 Å². The number of hydrogen-bond acceptors (Lipinski definition) is 4. The topological polar surface area (TPSA) is 68.0 Å². The van der Waals surface area contributed by atoms with Crippen molar-refractivity contribution in [3.63, 3.8) is 0 Å². The molecule has 1 N–H and O–H groups in total. The quantitative estimate of drug-likeness (QED) is 0.841. The smallest absolute Gasteiger partial charge is 0.249 e. The van der Waals surface area contributed by atoms with Crippen LogP contribution in [0.5, 0.6) is 0 Å². The predicted octanol–water partition coefficient (Wildman–Crippen LogP) is 4.39. The molecule has 5 nitrogen and oxygen atoms in total. The van der Waals surface area contributed by atoms with Crippen LogP contribution in [0.2, 0.25) is 5.02 Å². The van der Waals surface area contributed by atoms with Crippen LogP contribution in [0.3, 0.4) is 0 Å². The fourth-order valence-corrected chi connectivity index (χ4v) is 2.83. The summed E-state index contributed by atoms with van der Waals surface area (Å²) >= 11 is 5.91. The van der Waals surface area contributed by atoms with Crippen molar-refractivity contribution in [2.24, 2.45) is 11.8 Å². The number of nitrogens with zero attached hydrogens (tertiary/aromatic N) is 2. The number of amides is 1. The van der Waals surface area contributed by atoms with Crippen LogP contribution in [-0.2, 0) is 4.79 Å². The second-order valence-electron chi connectivity index (χ2n) is 6.46. The van der Waals surface area contributed by atoms with Crippen LogP contribution in [0.4, 0.5) is 0 Å². The van der Waals surface area contributed by atoms with Gasteiger partial charge in [0, 0.05) is 16.5 Å². The van der Waals surface area contributed by atoms with E-state index >= 15 is 0 Å². The molecule has 0 bridgehead atoms. The maximum absolute atomic E-state index is 12.3. The zero-order valence-electron chi connectivity index (χ0n) is 14.0. The molecule has 1 amide bonds. The second kappa shape index (κ2) is 7.34. The minimum absolute atomic E-state index is 0.0952. The van der Waals surface area contributed by atoms with E-state index in [0.29, 0.717) is 16.7 Å². The van der Waals surface area contributed by atoms with Crippen LogP contribution < -0.4 is 5.32 Å². The first-order chi connectivity index (χ1) is 11.6. The van der Waals surface area contributed by atoms with Gasteiger partial charge in [0.05, 0.1) is 0 Å². The molecule has 1 aromatic carbocycles. The number of carbonyl (C=O) groups excluding carboxylic acids is 1. The minimum atomic E-state index is -0.253. The third-order valence-corrected chi connectivity index (χ3v) is 5.05. The van der Waals surface area contributed by atoms with Crippen molar-refractivity contribution in [3.05, 3.63) is 35.2 Å². The molecule has 6 heteroatoms. The average Bonchev–Trinajstić information content (AvgIpc) is 3.00. The lowest BCUT2D eigenvalue weighted by molar-refractivity contribution is -0.128. The summed E-state index contributed by atoms with van der Waals surface area (Å²) in [5.74, 6) is 1.41. The molecule has 1 heterocycles. The molecule has 2 unspecified atom stereocenters. The molecule has 0 spiro atoms. The lowest BCUT2D eigenvalue weighted by Crippen LogP contribution is -2.39. The second-order valence-corrected chi connectivity index (χ2v) is 6.90. The van der Waals surface area contributed by atoms with Crippen molar-refractivity contribution in [2.75, 3.05) is 0 Å². The number of hydrogen-bond donors (Lipinski definition) is 1. The van der Waals surface area contributed by atoms with Crippen molar-refractivity contribution in [2.45, 2.75) is 45.6 Å². The lowest BCUT2D eigenvalue weighted by atomic mass is 9.84. The molecule has 1 saturated carbocycles. The fraction of sp³-hybridized carbons (Fsp3) is 0.500. The van der Waals surface area contributed by atoms with Crippen LogP contribution in [-0.4, -0.2) is 16.0 Å². The highest BCUT2D eigenvalue weighted by Gasteiger charge is 2.31. The van der Waals surface area contributed by atoms with Gasteiger partial charge in [-0.1, -0.05) is 43.4 Å². The van der Waals surface area contributed by atoms with Gasteiger partial charge in [-0.2, -0.15) is 4.98 Å². The van der Waals surface area contributed by atoms with Gasteiger partial charge in [-0.3, -0.25) is 4.79 Å². The highest BCUT2D eigenvalue weighted by atomic mass is 35.5. The van der Waals surface area contributed by atoms with Crippen LogP contribution >= 0.6 is 11.6 Å². The van der Waals surface area contributed by atoms with Gasteiger partial charge < -0.3 is 9.84 Å². The van der Waals surface area contributed by atoms with Gasteiger partial charge in [0.1, 0.15) is 6.04 Å². The Hall–Kier alpha value is -1.88. The molecule has 128 valence electrons. The standard InChI is InChI=1S/C18H22ClN3O2/c1-3-11(2)15(20-17(23)13-5-4-6-13)18-21-16(22-24-18)12-7-9-14(19)10-8-12/h7-11,13,15H,3-6H2,1-2H3,(H,20,23). The van der Waals surface area contributed by atoms with E-state index in [2.05, 4.69) is 29.3 Å². The largest absolute Gasteiger partial charge is 0.344 e. The Labute approximate surface area is 146 Å². The van der Waals surface area contributed by atoms with E-state index in [0.717, 1.165) is 31.2 Å². The summed E-state index contributed by atoms with van der Waals surface area (Å²) in [4.78, 5) is 16.8. The Morgan fingerprint density at radius 2 is 2.08 bits per heavy atom. The Balaban J connectivity index is 1.79. The van der Waals surface area contributed by atoms with E-state index in [-0.39, 0.29) is 23.8 Å². The summed E-state index contributed by atoms with van der Waals surface area (Å²) in [5, 5.41) is 7.82. The first-order valence-electron chi connectivity index (χ1n) is 8.48. The molecule has 1 fully saturated rings. The van der Waals surface area contributed by atoms with E-state index in [1.54, 1.807) is 12.1 Å². The molecule has 24 heavy (non-hydrogen) atoms. The Morgan fingerprint density at radius 3 is 2.67 bits per heavy atom. The SMILES string of the molecule is CCC(C)C(NC(=O)C1CCC1)c1nc(-c2ccc(Cl)cc2)no1. The molecule has 1 aliphatic carbocycles. The van der Waals surface area contributed by atoms with E-state index in [1.165, 1.54) is 0 Å². The van der Waals surface area contributed by atoms with Crippen molar-refractivity contribution in [3.8, 4) is 11.4 Å². The average molecular weight is 348 g/mol. The van der Waals surface area contributed by atoms with Crippen molar-refractivity contribution >= 4 is 17.5 Å². The molecule has 0 aliphatic heterocycles. The van der Waals surface area contributed by atoms with Crippen molar-refractivity contribution < 1.29 is 9.32 Å². The van der Waals surface area contributed by atoms with E-state index < -0.39 is 0 Å². The van der Waals surface area contributed by atoms with E-state index in [1.807, 2.05) is 12.1 Å². The molecule has 1 aromatic heterocycles. The zero-order chi connectivity index (χ0) is 17.1. The number of rotatable bonds is 6. The minimum Gasteiger partial charge on any atom is -0.344 e. The van der Waals surface area contributed by atoms with E-state index in [9.17, 15) is 4.79 Å². The predicted molar refractivity (Wildman–Crippen MR) is 92.4 cm³/mol. The van der Waals surface area contributed by atoms with E-state index in [4.69, 9.17) is 16.1 Å². The first-order valence-corrected chi connectivity index (χ1v) is 8.86. The van der Waals surface area contributed by atoms with Crippen molar-refractivity contribution in [1.82, 2.24) is 15.5 Å². The molecular weight excluding hydrogens is 326 g/mol. The van der Waals surface area contributed by atoms with Crippen LogP contribution in [0.1, 0.15) is 51.5 Å². The highest BCUT2D eigenvalue weighted by molar-refractivity contribution is 6.30. The number of aromatic nitrogens is 2. The number of carbonyl (C=O) groups is 1. The summed E-state index contributed by atoms with van der Waals surface area (Å²) in [6.45, 7) is 4.17. The van der Waals surface area contributed by atoms with Crippen molar-refractivity contribution in [1.29, 1.82) is 0 Å². The summed E-state index contributed by atoms with van der Waals surface area (Å²) in [6, 6.07) is 7.02. The first kappa shape index (κ1) is 17.0. The van der Waals surface area contributed by atoms with Gasteiger partial charge in [-0.25, -0.2) is 0 Å². The molecular formula is C18H22ClN3O2. The lowest BCUT2D eigenvalue weighted by Gasteiger charge is -2.28. The maximum Gasteiger partial charge on any atom is 0.249 e. The molecule has 0 saturated heterocycles. The number of halogens is 1. The summed E-state index contributed by atoms with van der Waals surface area (Å²) in [5.41, 5.74) is 0.836. The fourth-order valence-electron chi connectivity index (χ4n) is 2.70. The number of nitrogens with one attached hydrogen (secondary N) is 1. The highest BCUT2D eigenvalue weighted by Crippen LogP contribution is 2.30. The Kier molecular flexibility index (Phi) is 5.19. The normalized spacial score (nSPS) is 17.1. The third kappa shape index (κ3) is 3.61. The third-order valence-electron chi connectivity index (χ3n) is 4.80. The van der Waals surface area contributed by atoms with Gasteiger partial charge in [0.25, 0.3) is 0 Å². The summed E-state index contributed by atoms with van der Waals surface area (Å²) in [7, 11) is 0. The Morgan fingerprint density at radius 1 is 1.38 bits per heavy atom. The monoisotopic (exact) mass is 347 g/mol. The number of benzene rings is 1. The van der Waals surface area contributed by atoms with Gasteiger partial charge >= 0.3 is 0 Å². The van der Waals surface area contributed by atoms with Gasteiger partial charge in [0.2, 0.25) is 17.6 Å². The molecule has 1 aliphatic rings. The Bertz CT molecular complexity index is 695. The zero-order valence-corrected chi connectivity index (χ0v) is 14.7. The molecule has 2 aromatic rings. The van der Waals surface area contributed by atoms with Crippen LogP contribution in [0.25, 0.3) is 11.4 Å². The summed E-state index contributed by atoms with van der Waals surface area (Å²) in [6.07, 6.45) is 3.99.